The Labute approximate surface area is 133 Å². The van der Waals surface area contributed by atoms with Crippen LogP contribution in [-0.4, -0.2) is 36.1 Å². The maximum Gasteiger partial charge on any atom is 0.212 e. The summed E-state index contributed by atoms with van der Waals surface area (Å²) >= 11 is 0. The molecule has 0 aromatic carbocycles. The number of hydrogen-bond acceptors (Lipinski definition) is 4. The van der Waals surface area contributed by atoms with Gasteiger partial charge in [-0.2, -0.15) is 5.10 Å². The molecule has 5 heteroatoms. The third kappa shape index (κ3) is 5.00. The van der Waals surface area contributed by atoms with Crippen LogP contribution in [0.4, 0.5) is 0 Å². The fourth-order valence-electron chi connectivity index (χ4n) is 2.55. The van der Waals surface area contributed by atoms with Crippen molar-refractivity contribution in [3.63, 3.8) is 0 Å². The van der Waals surface area contributed by atoms with Gasteiger partial charge < -0.3 is 14.8 Å². The molecule has 0 spiro atoms. The van der Waals surface area contributed by atoms with Crippen LogP contribution in [0.2, 0.25) is 0 Å². The quantitative estimate of drug-likeness (QED) is 0.750. The summed E-state index contributed by atoms with van der Waals surface area (Å²) in [6, 6.07) is 2.00. The molecule has 1 aliphatic heterocycles. The zero-order valence-corrected chi connectivity index (χ0v) is 13.7. The van der Waals surface area contributed by atoms with Gasteiger partial charge in [0.15, 0.2) is 0 Å². The molecule has 22 heavy (non-hydrogen) atoms. The standard InChI is InChI=1S/C17H27N3O2/c1-4-7-14(2)13-22-17-10-15(11-18-3)19-20(17)12-16-8-5-6-9-21-16/h4,7,10,16,18H,1,5-6,8-9,11-13H2,2-3H3/b14-7+. The van der Waals surface area contributed by atoms with Crippen LogP contribution in [0.25, 0.3) is 0 Å². The van der Waals surface area contributed by atoms with Gasteiger partial charge in [0.05, 0.1) is 18.3 Å². The van der Waals surface area contributed by atoms with Crippen LogP contribution in [0.1, 0.15) is 31.9 Å². The molecule has 1 aromatic heterocycles. The first-order valence-corrected chi connectivity index (χ1v) is 7.97. The smallest absolute Gasteiger partial charge is 0.212 e. The van der Waals surface area contributed by atoms with Gasteiger partial charge in [-0.15, -0.1) is 0 Å². The summed E-state index contributed by atoms with van der Waals surface area (Å²) in [5, 5.41) is 7.75. The average Bonchev–Trinajstić information content (AvgIpc) is 2.89. The van der Waals surface area contributed by atoms with E-state index in [4.69, 9.17) is 9.47 Å². The zero-order chi connectivity index (χ0) is 15.8. The number of hydrogen-bond donors (Lipinski definition) is 1. The van der Waals surface area contributed by atoms with Crippen molar-refractivity contribution in [2.75, 3.05) is 20.3 Å². The van der Waals surface area contributed by atoms with Crippen molar-refractivity contribution in [2.24, 2.45) is 0 Å². The van der Waals surface area contributed by atoms with Crippen LogP contribution in [0.15, 0.2) is 30.4 Å². The third-order valence-corrected chi connectivity index (χ3v) is 3.65. The number of nitrogens with one attached hydrogen (secondary N) is 1. The van der Waals surface area contributed by atoms with Gasteiger partial charge in [0, 0.05) is 19.2 Å². The van der Waals surface area contributed by atoms with Gasteiger partial charge in [0.1, 0.15) is 6.61 Å². The highest BCUT2D eigenvalue weighted by Crippen LogP contribution is 2.20. The molecule has 0 amide bonds. The Kier molecular flexibility index (Phi) is 6.68. The van der Waals surface area contributed by atoms with E-state index in [1.165, 1.54) is 6.42 Å². The van der Waals surface area contributed by atoms with E-state index in [-0.39, 0.29) is 6.10 Å². The Morgan fingerprint density at radius 1 is 1.59 bits per heavy atom. The van der Waals surface area contributed by atoms with Crippen molar-refractivity contribution < 1.29 is 9.47 Å². The minimum atomic E-state index is 0.239. The molecule has 2 rings (SSSR count). The molecule has 1 saturated heterocycles. The number of nitrogens with zero attached hydrogens (tertiary/aromatic N) is 2. The van der Waals surface area contributed by atoms with Gasteiger partial charge in [-0.25, -0.2) is 4.68 Å². The van der Waals surface area contributed by atoms with Crippen molar-refractivity contribution in [3.8, 4) is 5.88 Å². The summed E-state index contributed by atoms with van der Waals surface area (Å²) in [7, 11) is 1.92. The molecule has 0 bridgehead atoms. The SMILES string of the molecule is C=C/C=C(\C)COc1cc(CNC)nn1CC1CCCCO1. The van der Waals surface area contributed by atoms with E-state index in [2.05, 4.69) is 17.0 Å². The highest BCUT2D eigenvalue weighted by molar-refractivity contribution is 5.18. The average molecular weight is 305 g/mol. The zero-order valence-electron chi connectivity index (χ0n) is 13.7. The number of aromatic nitrogens is 2. The van der Waals surface area contributed by atoms with E-state index >= 15 is 0 Å². The van der Waals surface area contributed by atoms with E-state index in [0.717, 1.165) is 49.7 Å². The second kappa shape index (κ2) is 8.76. The predicted molar refractivity (Wildman–Crippen MR) is 88.0 cm³/mol. The van der Waals surface area contributed by atoms with Gasteiger partial charge in [0.25, 0.3) is 0 Å². The Morgan fingerprint density at radius 3 is 3.14 bits per heavy atom. The molecule has 1 aliphatic rings. The van der Waals surface area contributed by atoms with Crippen molar-refractivity contribution >= 4 is 0 Å². The highest BCUT2D eigenvalue weighted by Gasteiger charge is 2.18. The summed E-state index contributed by atoms with van der Waals surface area (Å²) in [6.45, 7) is 8.62. The van der Waals surface area contributed by atoms with Crippen LogP contribution in [0, 0.1) is 0 Å². The van der Waals surface area contributed by atoms with Gasteiger partial charge in [-0.1, -0.05) is 18.7 Å². The monoisotopic (exact) mass is 305 g/mol. The largest absolute Gasteiger partial charge is 0.473 e. The maximum atomic E-state index is 5.92. The lowest BCUT2D eigenvalue weighted by Crippen LogP contribution is -2.25. The Morgan fingerprint density at radius 2 is 2.45 bits per heavy atom. The normalized spacial score (nSPS) is 19.2. The molecule has 122 valence electrons. The molecule has 0 saturated carbocycles. The summed E-state index contributed by atoms with van der Waals surface area (Å²) < 4.78 is 13.7. The molecule has 5 nitrogen and oxygen atoms in total. The first kappa shape index (κ1) is 16.8. The third-order valence-electron chi connectivity index (χ3n) is 3.65. The minimum absolute atomic E-state index is 0.239. The van der Waals surface area contributed by atoms with Crippen molar-refractivity contribution in [2.45, 2.75) is 45.4 Å². The maximum absolute atomic E-state index is 5.92. The van der Waals surface area contributed by atoms with Gasteiger partial charge in [0.2, 0.25) is 5.88 Å². The molecule has 1 atom stereocenters. The van der Waals surface area contributed by atoms with E-state index in [0.29, 0.717) is 6.61 Å². The number of rotatable bonds is 8. The summed E-state index contributed by atoms with van der Waals surface area (Å²) in [5.41, 5.74) is 2.12. The van der Waals surface area contributed by atoms with Crippen LogP contribution < -0.4 is 10.1 Å². The lowest BCUT2D eigenvalue weighted by Gasteiger charge is -2.23. The Bertz CT molecular complexity index is 502. The molecule has 1 unspecified atom stereocenters. The van der Waals surface area contributed by atoms with Crippen LogP contribution >= 0.6 is 0 Å². The van der Waals surface area contributed by atoms with E-state index in [1.54, 1.807) is 6.08 Å². The highest BCUT2D eigenvalue weighted by atomic mass is 16.5. The second-order valence-electron chi connectivity index (χ2n) is 5.71. The molecule has 2 heterocycles. The minimum Gasteiger partial charge on any atom is -0.473 e. The van der Waals surface area contributed by atoms with Crippen molar-refractivity contribution in [1.29, 1.82) is 0 Å². The van der Waals surface area contributed by atoms with Gasteiger partial charge >= 0.3 is 0 Å². The van der Waals surface area contributed by atoms with E-state index < -0.39 is 0 Å². The first-order valence-electron chi connectivity index (χ1n) is 7.97. The fourth-order valence-corrected chi connectivity index (χ4v) is 2.55. The Hall–Kier alpha value is -1.59. The Balaban J connectivity index is 2.04. The summed E-state index contributed by atoms with van der Waals surface area (Å²) in [4.78, 5) is 0. The lowest BCUT2D eigenvalue weighted by molar-refractivity contribution is 0.00253. The molecule has 0 aliphatic carbocycles. The molecule has 0 radical (unpaired) electrons. The van der Waals surface area contributed by atoms with Crippen molar-refractivity contribution in [3.05, 3.63) is 36.1 Å². The molecular weight excluding hydrogens is 278 g/mol. The van der Waals surface area contributed by atoms with Gasteiger partial charge in [-0.05, 0) is 38.8 Å². The molecule has 1 N–H and O–H groups in total. The lowest BCUT2D eigenvalue weighted by atomic mass is 10.1. The predicted octanol–water partition coefficient (Wildman–Crippen LogP) is 2.68. The van der Waals surface area contributed by atoms with Crippen LogP contribution in [0.5, 0.6) is 5.88 Å². The van der Waals surface area contributed by atoms with E-state index in [1.807, 2.05) is 30.8 Å². The first-order chi connectivity index (χ1) is 10.7. The molecule has 1 fully saturated rings. The van der Waals surface area contributed by atoms with E-state index in [9.17, 15) is 0 Å². The number of ether oxygens (including phenoxy) is 2. The second-order valence-corrected chi connectivity index (χ2v) is 5.71. The topological polar surface area (TPSA) is 48.3 Å². The molecular formula is C17H27N3O2. The van der Waals surface area contributed by atoms with Gasteiger partial charge in [-0.3, -0.25) is 0 Å². The fraction of sp³-hybridized carbons (Fsp3) is 0.588. The summed E-state index contributed by atoms with van der Waals surface area (Å²) in [5.74, 6) is 0.802. The summed E-state index contributed by atoms with van der Waals surface area (Å²) in [6.07, 6.45) is 7.46. The molecule has 1 aromatic rings. The van der Waals surface area contributed by atoms with Crippen LogP contribution in [-0.2, 0) is 17.8 Å². The van der Waals surface area contributed by atoms with Crippen molar-refractivity contribution in [1.82, 2.24) is 15.1 Å². The number of allylic oxidation sites excluding steroid dienone is 2. The van der Waals surface area contributed by atoms with Crippen LogP contribution in [0.3, 0.4) is 0 Å².